The zero-order chi connectivity index (χ0) is 19.9. The van der Waals surface area contributed by atoms with Crippen molar-refractivity contribution in [2.75, 3.05) is 26.2 Å². The van der Waals surface area contributed by atoms with Crippen molar-refractivity contribution in [1.82, 2.24) is 4.90 Å². The van der Waals surface area contributed by atoms with E-state index in [0.717, 1.165) is 17.2 Å². The third-order valence-corrected chi connectivity index (χ3v) is 5.06. The number of halogens is 3. The molecule has 0 aromatic heterocycles. The van der Waals surface area contributed by atoms with Gasteiger partial charge in [0.2, 0.25) is 0 Å². The van der Waals surface area contributed by atoms with E-state index in [1.54, 1.807) is 24.3 Å². The number of carbonyl (C=O) groups is 1. The van der Waals surface area contributed by atoms with Crippen molar-refractivity contribution in [3.05, 3.63) is 59.2 Å². The molecular formula is C21H18F3NO3. The van der Waals surface area contributed by atoms with Gasteiger partial charge in [-0.15, -0.1) is 0 Å². The highest BCUT2D eigenvalue weighted by molar-refractivity contribution is 5.74. The molecule has 1 N–H and O–H groups in total. The molecule has 4 nitrogen and oxygen atoms in total. The van der Waals surface area contributed by atoms with Gasteiger partial charge in [0, 0.05) is 25.2 Å². The summed E-state index contributed by atoms with van der Waals surface area (Å²) in [5.41, 5.74) is 1.73. The van der Waals surface area contributed by atoms with Gasteiger partial charge in [0.05, 0.1) is 11.5 Å². The Morgan fingerprint density at radius 1 is 1.18 bits per heavy atom. The van der Waals surface area contributed by atoms with Crippen LogP contribution in [0.25, 0.3) is 17.2 Å². The first-order valence-corrected chi connectivity index (χ1v) is 8.89. The minimum atomic E-state index is -4.43. The highest BCUT2D eigenvalue weighted by Gasteiger charge is 2.34. The molecule has 7 heteroatoms. The van der Waals surface area contributed by atoms with E-state index in [9.17, 15) is 18.0 Å². The predicted octanol–water partition coefficient (Wildman–Crippen LogP) is 4.16. The Hall–Kier alpha value is -2.80. The maximum Gasteiger partial charge on any atom is 0.417 e. The molecule has 1 fully saturated rings. The lowest BCUT2D eigenvalue weighted by Gasteiger charge is -2.37. The summed E-state index contributed by atoms with van der Waals surface area (Å²) in [6, 6.07) is 10.5. The van der Waals surface area contributed by atoms with Crippen LogP contribution in [0.2, 0.25) is 0 Å². The van der Waals surface area contributed by atoms with E-state index in [1.807, 2.05) is 11.0 Å². The number of hydrogen-bond donors (Lipinski definition) is 1. The highest BCUT2D eigenvalue weighted by atomic mass is 19.4. The van der Waals surface area contributed by atoms with Crippen LogP contribution in [0, 0.1) is 5.92 Å². The van der Waals surface area contributed by atoms with Crippen LogP contribution in [-0.2, 0) is 11.0 Å². The summed E-state index contributed by atoms with van der Waals surface area (Å²) in [5, 5.41) is 8.94. The van der Waals surface area contributed by atoms with Crippen molar-refractivity contribution in [2.24, 2.45) is 5.92 Å². The quantitative estimate of drug-likeness (QED) is 0.853. The third kappa shape index (κ3) is 3.62. The van der Waals surface area contributed by atoms with Crippen LogP contribution in [-0.4, -0.2) is 42.2 Å². The average molecular weight is 389 g/mol. The van der Waals surface area contributed by atoms with Gasteiger partial charge in [-0.05, 0) is 34.9 Å². The lowest BCUT2D eigenvalue weighted by Crippen LogP contribution is -2.51. The maximum atomic E-state index is 13.3. The van der Waals surface area contributed by atoms with E-state index in [2.05, 4.69) is 0 Å². The van der Waals surface area contributed by atoms with E-state index in [1.165, 1.54) is 12.1 Å². The van der Waals surface area contributed by atoms with Gasteiger partial charge in [0.15, 0.2) is 0 Å². The van der Waals surface area contributed by atoms with Crippen LogP contribution in [0.15, 0.2) is 48.0 Å². The van der Waals surface area contributed by atoms with Gasteiger partial charge in [-0.2, -0.15) is 13.2 Å². The highest BCUT2D eigenvalue weighted by Crippen LogP contribution is 2.39. The summed E-state index contributed by atoms with van der Waals surface area (Å²) < 4.78 is 45.6. The molecule has 0 unspecified atom stereocenters. The molecule has 0 amide bonds. The number of rotatable bonds is 4. The molecule has 0 atom stereocenters. The molecule has 0 radical (unpaired) electrons. The summed E-state index contributed by atoms with van der Waals surface area (Å²) in [7, 11) is 0. The number of carboxylic acid groups (broad SMARTS) is 1. The monoisotopic (exact) mass is 389 g/mol. The Morgan fingerprint density at radius 2 is 1.93 bits per heavy atom. The van der Waals surface area contributed by atoms with Crippen LogP contribution in [0.1, 0.15) is 11.1 Å². The second-order valence-electron chi connectivity index (χ2n) is 7.12. The molecule has 1 saturated heterocycles. The SMILES string of the molecule is O=C(O)C1CN(CC2=Cc3ccc(-c4ccccc4C(F)(F)F)cc3OC2)C1. The number of ether oxygens (including phenoxy) is 1. The number of nitrogens with zero attached hydrogens (tertiary/aromatic N) is 1. The Balaban J connectivity index is 1.54. The normalized spacial score (nSPS) is 17.3. The summed E-state index contributed by atoms with van der Waals surface area (Å²) >= 11 is 0. The molecule has 0 aliphatic carbocycles. The lowest BCUT2D eigenvalue weighted by atomic mass is 9.96. The molecule has 0 bridgehead atoms. The first kappa shape index (κ1) is 18.6. The molecule has 2 heterocycles. The van der Waals surface area contributed by atoms with Crippen molar-refractivity contribution < 1.29 is 27.8 Å². The number of aliphatic carboxylic acids is 1. The fraction of sp³-hybridized carbons (Fsp3) is 0.286. The van der Waals surface area contributed by atoms with E-state index >= 15 is 0 Å². The minimum absolute atomic E-state index is 0.122. The van der Waals surface area contributed by atoms with Crippen molar-refractivity contribution in [3.63, 3.8) is 0 Å². The van der Waals surface area contributed by atoms with E-state index in [4.69, 9.17) is 9.84 Å². The predicted molar refractivity (Wildman–Crippen MR) is 97.9 cm³/mol. The van der Waals surface area contributed by atoms with E-state index in [0.29, 0.717) is 37.6 Å². The van der Waals surface area contributed by atoms with E-state index < -0.39 is 17.7 Å². The number of carboxylic acids is 1. The zero-order valence-electron chi connectivity index (χ0n) is 14.9. The Bertz CT molecular complexity index is 946. The molecule has 2 aromatic rings. The lowest BCUT2D eigenvalue weighted by molar-refractivity contribution is -0.147. The van der Waals surface area contributed by atoms with E-state index in [-0.39, 0.29) is 11.5 Å². The second-order valence-corrected chi connectivity index (χ2v) is 7.12. The maximum absolute atomic E-state index is 13.3. The van der Waals surface area contributed by atoms with Crippen LogP contribution >= 0.6 is 0 Å². The standard InChI is InChI=1S/C21H18F3NO3/c22-21(23,24)18-4-2-1-3-17(18)14-5-6-15-7-13(12-28-19(15)8-14)9-25-10-16(11-25)20(26)27/h1-8,16H,9-12H2,(H,26,27). The van der Waals surface area contributed by atoms with Gasteiger partial charge < -0.3 is 9.84 Å². The Labute approximate surface area is 159 Å². The van der Waals surface area contributed by atoms with Gasteiger partial charge in [0.25, 0.3) is 0 Å². The van der Waals surface area contributed by atoms with Crippen molar-refractivity contribution in [2.45, 2.75) is 6.18 Å². The summed E-state index contributed by atoms with van der Waals surface area (Å²) in [5.74, 6) is -0.541. The van der Waals surface area contributed by atoms with Crippen LogP contribution in [0.5, 0.6) is 5.75 Å². The zero-order valence-corrected chi connectivity index (χ0v) is 14.9. The third-order valence-electron chi connectivity index (χ3n) is 5.06. The molecule has 146 valence electrons. The number of likely N-dealkylation sites (tertiary alicyclic amines) is 1. The number of benzene rings is 2. The first-order chi connectivity index (χ1) is 13.3. The van der Waals surface area contributed by atoms with Gasteiger partial charge in [-0.3, -0.25) is 9.69 Å². The number of hydrogen-bond acceptors (Lipinski definition) is 3. The smallest absolute Gasteiger partial charge is 0.417 e. The molecule has 2 aliphatic heterocycles. The van der Waals surface area contributed by atoms with Crippen LogP contribution < -0.4 is 4.74 Å². The second kappa shape index (κ2) is 6.98. The van der Waals surface area contributed by atoms with Crippen molar-refractivity contribution in [3.8, 4) is 16.9 Å². The van der Waals surface area contributed by atoms with Gasteiger partial charge in [-0.1, -0.05) is 30.3 Å². The topological polar surface area (TPSA) is 49.8 Å². The van der Waals surface area contributed by atoms with Crippen LogP contribution in [0.3, 0.4) is 0 Å². The van der Waals surface area contributed by atoms with Crippen molar-refractivity contribution in [1.29, 1.82) is 0 Å². The molecule has 2 aliphatic rings. The molecular weight excluding hydrogens is 371 g/mol. The Kier molecular flexibility index (Phi) is 4.63. The first-order valence-electron chi connectivity index (χ1n) is 8.89. The molecule has 2 aromatic carbocycles. The van der Waals surface area contributed by atoms with Gasteiger partial charge in [0.1, 0.15) is 12.4 Å². The van der Waals surface area contributed by atoms with Gasteiger partial charge >= 0.3 is 12.1 Å². The number of fused-ring (bicyclic) bond motifs is 1. The Morgan fingerprint density at radius 3 is 2.64 bits per heavy atom. The number of alkyl halides is 3. The molecule has 28 heavy (non-hydrogen) atoms. The van der Waals surface area contributed by atoms with Gasteiger partial charge in [-0.25, -0.2) is 0 Å². The summed E-state index contributed by atoms with van der Waals surface area (Å²) in [6.07, 6.45) is -2.46. The summed E-state index contributed by atoms with van der Waals surface area (Å²) in [4.78, 5) is 12.9. The van der Waals surface area contributed by atoms with Crippen molar-refractivity contribution >= 4 is 12.0 Å². The molecule has 0 saturated carbocycles. The summed E-state index contributed by atoms with van der Waals surface area (Å²) in [6.45, 7) is 2.01. The minimum Gasteiger partial charge on any atom is -0.489 e. The molecule has 0 spiro atoms. The fourth-order valence-corrected chi connectivity index (χ4v) is 3.59. The largest absolute Gasteiger partial charge is 0.489 e. The molecule has 4 rings (SSSR count). The fourth-order valence-electron chi connectivity index (χ4n) is 3.59. The average Bonchev–Trinajstić information content (AvgIpc) is 2.63. The van der Waals surface area contributed by atoms with Crippen LogP contribution in [0.4, 0.5) is 13.2 Å².